The maximum Gasteiger partial charge on any atom is 0.342 e. The first kappa shape index (κ1) is 22.0. The minimum atomic E-state index is -0.703. The highest BCUT2D eigenvalue weighted by atomic mass is 16.5. The van der Waals surface area contributed by atoms with Crippen molar-refractivity contribution in [3.05, 3.63) is 65.7 Å². The molecule has 0 aliphatic rings. The summed E-state index contributed by atoms with van der Waals surface area (Å²) in [5.41, 5.74) is 1.12. The number of fused-ring (bicyclic) bond motifs is 1. The Bertz CT molecular complexity index is 1090. The summed E-state index contributed by atoms with van der Waals surface area (Å²) in [6.07, 6.45) is 0. The third-order valence-corrected chi connectivity index (χ3v) is 4.93. The minimum Gasteiger partial charge on any atom is -0.493 e. The fourth-order valence-electron chi connectivity index (χ4n) is 3.46. The summed E-state index contributed by atoms with van der Waals surface area (Å²) in [5.74, 6) is -0.249. The van der Waals surface area contributed by atoms with Crippen molar-refractivity contribution in [1.29, 1.82) is 0 Å². The Balaban J connectivity index is 1.67. The highest BCUT2D eigenvalue weighted by Gasteiger charge is 2.22. The zero-order valence-corrected chi connectivity index (χ0v) is 17.9. The van der Waals surface area contributed by atoms with Crippen molar-refractivity contribution < 1.29 is 28.5 Å². The van der Waals surface area contributed by atoms with Crippen molar-refractivity contribution >= 4 is 22.6 Å². The second kappa shape index (κ2) is 9.84. The molecule has 0 aromatic heterocycles. The molecular weight excluding hydrogens is 398 g/mol. The van der Waals surface area contributed by atoms with E-state index in [-0.39, 0.29) is 23.1 Å². The van der Waals surface area contributed by atoms with Crippen molar-refractivity contribution in [2.45, 2.75) is 13.0 Å². The van der Waals surface area contributed by atoms with E-state index in [1.54, 1.807) is 6.07 Å². The predicted octanol–water partition coefficient (Wildman–Crippen LogP) is 3.90. The predicted molar refractivity (Wildman–Crippen MR) is 117 cm³/mol. The summed E-state index contributed by atoms with van der Waals surface area (Å²) in [6.45, 7) is 1.46. The summed E-state index contributed by atoms with van der Waals surface area (Å²) in [4.78, 5) is 25.0. The van der Waals surface area contributed by atoms with Gasteiger partial charge in [0.1, 0.15) is 5.56 Å². The number of ether oxygens (including phenoxy) is 4. The van der Waals surface area contributed by atoms with Gasteiger partial charge in [-0.1, -0.05) is 42.5 Å². The maximum absolute atomic E-state index is 12.5. The Morgan fingerprint density at radius 3 is 2.29 bits per heavy atom. The van der Waals surface area contributed by atoms with Crippen LogP contribution in [0.5, 0.6) is 17.2 Å². The molecule has 0 bridgehead atoms. The van der Waals surface area contributed by atoms with Gasteiger partial charge in [0.25, 0.3) is 5.91 Å². The molecule has 162 valence electrons. The molecule has 3 aromatic carbocycles. The van der Waals surface area contributed by atoms with Gasteiger partial charge in [-0.3, -0.25) is 4.79 Å². The SMILES string of the molecule is COc1ccc(C(=O)OCC(=O)N[C@@H](C)c2cccc3ccccc23)c(OC)c1OC. The topological polar surface area (TPSA) is 83.1 Å². The van der Waals surface area contributed by atoms with Crippen molar-refractivity contribution in [2.75, 3.05) is 27.9 Å². The van der Waals surface area contributed by atoms with Gasteiger partial charge >= 0.3 is 5.97 Å². The van der Waals surface area contributed by atoms with E-state index < -0.39 is 18.5 Å². The normalized spacial score (nSPS) is 11.5. The number of methoxy groups -OCH3 is 3. The van der Waals surface area contributed by atoms with Gasteiger partial charge in [-0.15, -0.1) is 0 Å². The molecule has 1 amide bonds. The van der Waals surface area contributed by atoms with Crippen LogP contribution in [0.1, 0.15) is 28.9 Å². The Labute approximate surface area is 180 Å². The molecule has 3 rings (SSSR count). The molecule has 3 aromatic rings. The number of rotatable bonds is 8. The lowest BCUT2D eigenvalue weighted by Crippen LogP contribution is -2.31. The average molecular weight is 423 g/mol. The van der Waals surface area contributed by atoms with Gasteiger partial charge in [0.05, 0.1) is 27.4 Å². The fourth-order valence-corrected chi connectivity index (χ4v) is 3.46. The number of esters is 1. The first-order valence-electron chi connectivity index (χ1n) is 9.73. The van der Waals surface area contributed by atoms with Crippen LogP contribution in [0.3, 0.4) is 0 Å². The van der Waals surface area contributed by atoms with E-state index in [0.717, 1.165) is 16.3 Å². The standard InChI is InChI=1S/C24H25NO6/c1-15(17-11-7-9-16-8-5-6-10-18(16)17)25-21(26)14-31-24(27)19-12-13-20(28-2)23(30-4)22(19)29-3/h5-13,15H,14H2,1-4H3,(H,25,26)/t15-/m0/s1. The molecule has 0 fully saturated rings. The van der Waals surface area contributed by atoms with Gasteiger partial charge in [0.2, 0.25) is 5.75 Å². The average Bonchev–Trinajstić information content (AvgIpc) is 2.80. The molecule has 7 heteroatoms. The largest absolute Gasteiger partial charge is 0.493 e. The molecule has 0 aliphatic heterocycles. The Hall–Kier alpha value is -3.74. The number of carbonyl (C=O) groups excluding carboxylic acids is 2. The molecule has 0 saturated carbocycles. The van der Waals surface area contributed by atoms with E-state index >= 15 is 0 Å². The molecule has 1 atom stereocenters. The number of benzene rings is 3. The zero-order chi connectivity index (χ0) is 22.4. The second-order valence-electron chi connectivity index (χ2n) is 6.82. The number of hydrogen-bond donors (Lipinski definition) is 1. The third kappa shape index (κ3) is 4.71. The van der Waals surface area contributed by atoms with Gasteiger partial charge in [0.15, 0.2) is 18.1 Å². The molecular formula is C24H25NO6. The molecule has 0 heterocycles. The van der Waals surface area contributed by atoms with Crippen LogP contribution in [-0.2, 0) is 9.53 Å². The van der Waals surface area contributed by atoms with E-state index in [9.17, 15) is 9.59 Å². The van der Waals surface area contributed by atoms with Crippen LogP contribution >= 0.6 is 0 Å². The fraction of sp³-hybridized carbons (Fsp3) is 0.250. The lowest BCUT2D eigenvalue weighted by Gasteiger charge is -2.17. The van der Waals surface area contributed by atoms with Crippen LogP contribution in [0.15, 0.2) is 54.6 Å². The highest BCUT2D eigenvalue weighted by molar-refractivity contribution is 5.95. The maximum atomic E-state index is 12.5. The molecule has 7 nitrogen and oxygen atoms in total. The first-order chi connectivity index (χ1) is 15.0. The molecule has 31 heavy (non-hydrogen) atoms. The third-order valence-electron chi connectivity index (χ3n) is 4.93. The van der Waals surface area contributed by atoms with E-state index in [0.29, 0.717) is 5.75 Å². The monoisotopic (exact) mass is 423 g/mol. The van der Waals surface area contributed by atoms with Crippen LogP contribution in [0.4, 0.5) is 0 Å². The summed E-state index contributed by atoms with van der Waals surface area (Å²) in [5, 5.41) is 5.02. The smallest absolute Gasteiger partial charge is 0.342 e. The number of hydrogen-bond acceptors (Lipinski definition) is 6. The Morgan fingerprint density at radius 2 is 1.58 bits per heavy atom. The number of amides is 1. The van der Waals surface area contributed by atoms with Crippen LogP contribution in [0.25, 0.3) is 10.8 Å². The van der Waals surface area contributed by atoms with Gasteiger partial charge < -0.3 is 24.3 Å². The Kier molecular flexibility index (Phi) is 6.97. The van der Waals surface area contributed by atoms with Gasteiger partial charge in [-0.25, -0.2) is 4.79 Å². The van der Waals surface area contributed by atoms with Crippen molar-refractivity contribution in [3.63, 3.8) is 0 Å². The lowest BCUT2D eigenvalue weighted by molar-refractivity contribution is -0.124. The second-order valence-corrected chi connectivity index (χ2v) is 6.82. The molecule has 0 unspecified atom stereocenters. The summed E-state index contributed by atoms with van der Waals surface area (Å²) in [6, 6.07) is 16.7. The van der Waals surface area contributed by atoms with Crippen molar-refractivity contribution in [3.8, 4) is 17.2 Å². The highest BCUT2D eigenvalue weighted by Crippen LogP contribution is 2.39. The van der Waals surface area contributed by atoms with E-state index in [4.69, 9.17) is 18.9 Å². The van der Waals surface area contributed by atoms with Crippen LogP contribution in [-0.4, -0.2) is 39.8 Å². The lowest BCUT2D eigenvalue weighted by atomic mass is 10.00. The summed E-state index contributed by atoms with van der Waals surface area (Å²) >= 11 is 0. The van der Waals surface area contributed by atoms with E-state index in [1.807, 2.05) is 49.4 Å². The van der Waals surface area contributed by atoms with Crippen molar-refractivity contribution in [2.24, 2.45) is 0 Å². The van der Waals surface area contributed by atoms with Crippen LogP contribution in [0.2, 0.25) is 0 Å². The number of carbonyl (C=O) groups is 2. The minimum absolute atomic E-state index is 0.134. The van der Waals surface area contributed by atoms with Crippen LogP contribution in [0, 0.1) is 0 Å². The molecule has 0 radical (unpaired) electrons. The molecule has 0 spiro atoms. The Morgan fingerprint density at radius 1 is 0.871 bits per heavy atom. The van der Waals surface area contributed by atoms with E-state index in [1.165, 1.54) is 27.4 Å². The van der Waals surface area contributed by atoms with Gasteiger partial charge in [-0.2, -0.15) is 0 Å². The summed E-state index contributed by atoms with van der Waals surface area (Å²) in [7, 11) is 4.33. The number of nitrogens with one attached hydrogen (secondary N) is 1. The molecule has 0 saturated heterocycles. The van der Waals surface area contributed by atoms with Gasteiger partial charge in [-0.05, 0) is 35.4 Å². The van der Waals surface area contributed by atoms with Crippen LogP contribution < -0.4 is 19.5 Å². The quantitative estimate of drug-likeness (QED) is 0.554. The van der Waals surface area contributed by atoms with E-state index in [2.05, 4.69) is 5.32 Å². The molecule has 0 aliphatic carbocycles. The first-order valence-corrected chi connectivity index (χ1v) is 9.73. The zero-order valence-electron chi connectivity index (χ0n) is 17.9. The van der Waals surface area contributed by atoms with Gasteiger partial charge in [0, 0.05) is 0 Å². The molecule has 1 N–H and O–H groups in total. The summed E-state index contributed by atoms with van der Waals surface area (Å²) < 4.78 is 21.0. The van der Waals surface area contributed by atoms with Crippen molar-refractivity contribution in [1.82, 2.24) is 5.32 Å².